The molecular weight excluding hydrogens is 283 g/mol. The van der Waals surface area contributed by atoms with Gasteiger partial charge in [-0.2, -0.15) is 0 Å². The highest BCUT2D eigenvalue weighted by atomic mass is 32.2. The number of aromatic nitrogens is 2. The maximum absolute atomic E-state index is 13.0. The molecule has 2 heterocycles. The van der Waals surface area contributed by atoms with Gasteiger partial charge in [-0.25, -0.2) is 14.4 Å². The molecule has 0 bridgehead atoms. The molecule has 0 aliphatic carbocycles. The van der Waals surface area contributed by atoms with Crippen LogP contribution in [0.5, 0.6) is 5.75 Å². The van der Waals surface area contributed by atoms with E-state index in [4.69, 9.17) is 0 Å². The number of aromatic hydroxyl groups is 1. The first-order valence-electron chi connectivity index (χ1n) is 5.47. The molecular formula is C13H9FN2OS2. The summed E-state index contributed by atoms with van der Waals surface area (Å²) in [6.45, 7) is 0. The predicted octanol–water partition coefficient (Wildman–Crippen LogP) is 3.92. The molecule has 3 rings (SSSR count). The van der Waals surface area contributed by atoms with Gasteiger partial charge < -0.3 is 5.11 Å². The molecule has 2 aromatic heterocycles. The summed E-state index contributed by atoms with van der Waals surface area (Å²) >= 11 is 2.93. The summed E-state index contributed by atoms with van der Waals surface area (Å²) in [6.07, 6.45) is 3.68. The molecule has 0 radical (unpaired) electrons. The Morgan fingerprint density at radius 2 is 2.16 bits per heavy atom. The Morgan fingerprint density at radius 3 is 2.89 bits per heavy atom. The van der Waals surface area contributed by atoms with Crippen molar-refractivity contribution >= 4 is 33.3 Å². The average molecular weight is 292 g/mol. The van der Waals surface area contributed by atoms with Crippen LogP contribution in [0.4, 0.5) is 4.39 Å². The predicted molar refractivity (Wildman–Crippen MR) is 76.3 cm³/mol. The first-order chi connectivity index (χ1) is 9.17. The maximum Gasteiger partial charge on any atom is 0.188 e. The summed E-state index contributed by atoms with van der Waals surface area (Å²) in [6, 6.07) is 5.91. The van der Waals surface area contributed by atoms with Gasteiger partial charge in [0.15, 0.2) is 5.16 Å². The Hall–Kier alpha value is -1.66. The van der Waals surface area contributed by atoms with Crippen molar-refractivity contribution in [2.45, 2.75) is 5.16 Å². The fourth-order valence-electron chi connectivity index (χ4n) is 1.76. The first-order valence-corrected chi connectivity index (χ1v) is 7.51. The van der Waals surface area contributed by atoms with E-state index in [1.165, 1.54) is 29.2 Å². The minimum absolute atomic E-state index is 0.0652. The van der Waals surface area contributed by atoms with Gasteiger partial charge in [-0.05, 0) is 24.5 Å². The molecule has 19 heavy (non-hydrogen) atoms. The van der Waals surface area contributed by atoms with Crippen molar-refractivity contribution in [3.05, 3.63) is 36.3 Å². The molecule has 3 nitrogen and oxygen atoms in total. The molecule has 3 aromatic rings. The smallest absolute Gasteiger partial charge is 0.188 e. The lowest BCUT2D eigenvalue weighted by molar-refractivity contribution is 0.471. The van der Waals surface area contributed by atoms with Gasteiger partial charge in [0.05, 0.1) is 0 Å². The third kappa shape index (κ3) is 2.29. The quantitative estimate of drug-likeness (QED) is 0.574. The summed E-state index contributed by atoms with van der Waals surface area (Å²) in [5.41, 5.74) is 0.607. The highest BCUT2D eigenvalue weighted by Gasteiger charge is 2.11. The normalized spacial score (nSPS) is 11.1. The molecule has 0 spiro atoms. The van der Waals surface area contributed by atoms with Gasteiger partial charge in [-0.1, -0.05) is 11.8 Å². The van der Waals surface area contributed by atoms with Crippen molar-refractivity contribution < 1.29 is 9.50 Å². The van der Waals surface area contributed by atoms with Gasteiger partial charge in [0.25, 0.3) is 0 Å². The number of benzene rings is 1. The van der Waals surface area contributed by atoms with Crippen LogP contribution in [0.15, 0.2) is 35.6 Å². The van der Waals surface area contributed by atoms with E-state index in [0.29, 0.717) is 10.7 Å². The summed E-state index contributed by atoms with van der Waals surface area (Å²) in [7, 11) is 0. The standard InChI is InChI=1S/C13H9FN2OS2/c1-18-13-15-6-7-4-11(19-12(7)16-13)9-3-2-8(14)5-10(9)17/h2-6,17H,1H3. The van der Waals surface area contributed by atoms with E-state index in [9.17, 15) is 9.50 Å². The van der Waals surface area contributed by atoms with Crippen molar-refractivity contribution in [1.82, 2.24) is 9.97 Å². The second-order valence-corrected chi connectivity index (χ2v) is 5.69. The van der Waals surface area contributed by atoms with Gasteiger partial charge >= 0.3 is 0 Å². The molecule has 0 fully saturated rings. The number of hydrogen-bond acceptors (Lipinski definition) is 5. The number of fused-ring (bicyclic) bond motifs is 1. The van der Waals surface area contributed by atoms with Crippen LogP contribution >= 0.6 is 23.1 Å². The van der Waals surface area contributed by atoms with Crippen LogP contribution in [0.1, 0.15) is 0 Å². The zero-order valence-electron chi connectivity index (χ0n) is 9.92. The zero-order chi connectivity index (χ0) is 13.4. The fourth-order valence-corrected chi connectivity index (χ4v) is 3.20. The molecule has 6 heteroatoms. The molecule has 96 valence electrons. The number of halogens is 1. The number of phenols is 1. The average Bonchev–Trinajstić information content (AvgIpc) is 2.80. The summed E-state index contributed by atoms with van der Waals surface area (Å²) in [4.78, 5) is 10.3. The van der Waals surface area contributed by atoms with E-state index in [0.717, 1.165) is 21.2 Å². The van der Waals surface area contributed by atoms with Gasteiger partial charge in [0, 0.05) is 28.1 Å². The van der Waals surface area contributed by atoms with Crippen molar-refractivity contribution in [2.24, 2.45) is 0 Å². The molecule has 0 saturated carbocycles. The summed E-state index contributed by atoms with van der Waals surface area (Å²) in [5, 5.41) is 11.4. The van der Waals surface area contributed by atoms with E-state index in [1.807, 2.05) is 12.3 Å². The zero-order valence-corrected chi connectivity index (χ0v) is 11.6. The van der Waals surface area contributed by atoms with Crippen LogP contribution in [0, 0.1) is 5.82 Å². The Morgan fingerprint density at radius 1 is 1.32 bits per heavy atom. The number of rotatable bonds is 2. The van der Waals surface area contributed by atoms with E-state index in [1.54, 1.807) is 12.3 Å². The second kappa shape index (κ2) is 4.79. The Balaban J connectivity index is 2.14. The summed E-state index contributed by atoms with van der Waals surface area (Å²) < 4.78 is 13.0. The highest BCUT2D eigenvalue weighted by Crippen LogP contribution is 2.37. The number of phenolic OH excluding ortho intramolecular Hbond substituents is 1. The van der Waals surface area contributed by atoms with Crippen LogP contribution in [-0.4, -0.2) is 21.3 Å². The van der Waals surface area contributed by atoms with Gasteiger partial charge in [-0.3, -0.25) is 0 Å². The fraction of sp³-hybridized carbons (Fsp3) is 0.0769. The molecule has 0 aliphatic heterocycles. The SMILES string of the molecule is CSc1ncc2cc(-c3ccc(F)cc3O)sc2n1. The molecule has 0 unspecified atom stereocenters. The highest BCUT2D eigenvalue weighted by molar-refractivity contribution is 7.98. The lowest BCUT2D eigenvalue weighted by atomic mass is 10.1. The largest absolute Gasteiger partial charge is 0.507 e. The van der Waals surface area contributed by atoms with E-state index in [-0.39, 0.29) is 5.75 Å². The van der Waals surface area contributed by atoms with E-state index >= 15 is 0 Å². The Kier molecular flexibility index (Phi) is 3.12. The molecule has 1 N–H and O–H groups in total. The number of thioether (sulfide) groups is 1. The number of thiophene rings is 1. The Bertz CT molecular complexity index is 757. The van der Waals surface area contributed by atoms with Crippen LogP contribution < -0.4 is 0 Å². The summed E-state index contributed by atoms with van der Waals surface area (Å²) in [5.74, 6) is -0.517. The van der Waals surface area contributed by atoms with E-state index in [2.05, 4.69) is 9.97 Å². The third-order valence-electron chi connectivity index (χ3n) is 2.66. The molecule has 0 aliphatic rings. The number of hydrogen-bond donors (Lipinski definition) is 1. The van der Waals surface area contributed by atoms with Gasteiger partial charge in [-0.15, -0.1) is 11.3 Å². The second-order valence-electron chi connectivity index (χ2n) is 3.89. The van der Waals surface area contributed by atoms with Crippen LogP contribution in [0.2, 0.25) is 0 Å². The van der Waals surface area contributed by atoms with Crippen LogP contribution in [0.25, 0.3) is 20.7 Å². The molecule has 0 amide bonds. The first kappa shape index (κ1) is 12.4. The number of nitrogens with zero attached hydrogens (tertiary/aromatic N) is 2. The molecule has 0 saturated heterocycles. The topological polar surface area (TPSA) is 46.0 Å². The minimum atomic E-state index is -0.452. The minimum Gasteiger partial charge on any atom is -0.507 e. The van der Waals surface area contributed by atoms with Gasteiger partial charge in [0.2, 0.25) is 0 Å². The van der Waals surface area contributed by atoms with Crippen molar-refractivity contribution in [2.75, 3.05) is 6.26 Å². The van der Waals surface area contributed by atoms with Crippen molar-refractivity contribution in [3.63, 3.8) is 0 Å². The lowest BCUT2D eigenvalue weighted by Gasteiger charge is -2.00. The third-order valence-corrected chi connectivity index (χ3v) is 4.30. The molecule has 0 atom stereocenters. The van der Waals surface area contributed by atoms with Gasteiger partial charge in [0.1, 0.15) is 16.4 Å². The van der Waals surface area contributed by atoms with Crippen molar-refractivity contribution in [3.8, 4) is 16.2 Å². The Labute approximate surface area is 117 Å². The monoisotopic (exact) mass is 292 g/mol. The lowest BCUT2D eigenvalue weighted by Crippen LogP contribution is -1.81. The van der Waals surface area contributed by atoms with Crippen molar-refractivity contribution in [1.29, 1.82) is 0 Å². The maximum atomic E-state index is 13.0. The van der Waals surface area contributed by atoms with Crippen LogP contribution in [0.3, 0.4) is 0 Å². The van der Waals surface area contributed by atoms with Crippen LogP contribution in [-0.2, 0) is 0 Å². The molecule has 1 aromatic carbocycles. The van der Waals surface area contributed by atoms with E-state index < -0.39 is 5.82 Å².